The van der Waals surface area contributed by atoms with Crippen LogP contribution in [-0.4, -0.2) is 17.0 Å². The Bertz CT molecular complexity index is 457. The number of rotatable bonds is 2. The van der Waals surface area contributed by atoms with E-state index >= 15 is 0 Å². The zero-order chi connectivity index (χ0) is 12.6. The molecule has 0 bridgehead atoms. The van der Waals surface area contributed by atoms with Gasteiger partial charge in [-0.15, -0.1) is 0 Å². The van der Waals surface area contributed by atoms with E-state index in [2.05, 4.69) is 0 Å². The molecule has 0 aliphatic heterocycles. The fourth-order valence-electron chi connectivity index (χ4n) is 2.30. The highest BCUT2D eigenvalue weighted by Crippen LogP contribution is 2.42. The van der Waals surface area contributed by atoms with Crippen LogP contribution < -0.4 is 0 Å². The second kappa shape index (κ2) is 4.05. The van der Waals surface area contributed by atoms with Crippen molar-refractivity contribution in [3.8, 4) is 0 Å². The van der Waals surface area contributed by atoms with Crippen LogP contribution in [0.1, 0.15) is 29.9 Å². The standard InChI is InChI=1S/C12H11F3O2/c13-8-5-4-7-2-1-3-10(9(7)6-8)12(14,15)11(16)17/h4-6,10H,1-3H2,(H,16,17). The fraction of sp³-hybridized carbons (Fsp3) is 0.417. The van der Waals surface area contributed by atoms with E-state index in [-0.39, 0.29) is 12.0 Å². The number of carboxylic acid groups (broad SMARTS) is 1. The molecule has 1 N–H and O–H groups in total. The number of halogens is 3. The number of benzene rings is 1. The summed E-state index contributed by atoms with van der Waals surface area (Å²) in [4.78, 5) is 10.6. The molecule has 0 saturated heterocycles. The summed E-state index contributed by atoms with van der Waals surface area (Å²) < 4.78 is 40.1. The van der Waals surface area contributed by atoms with E-state index in [0.717, 1.165) is 6.07 Å². The van der Waals surface area contributed by atoms with Crippen LogP contribution in [-0.2, 0) is 11.2 Å². The Hall–Kier alpha value is -1.52. The maximum Gasteiger partial charge on any atom is 0.375 e. The van der Waals surface area contributed by atoms with Gasteiger partial charge in [0.2, 0.25) is 0 Å². The molecule has 1 aromatic carbocycles. The van der Waals surface area contributed by atoms with Crippen molar-refractivity contribution in [2.24, 2.45) is 0 Å². The van der Waals surface area contributed by atoms with Gasteiger partial charge in [-0.05, 0) is 42.5 Å². The number of aliphatic carboxylic acids is 1. The Labute approximate surface area is 96.1 Å². The van der Waals surface area contributed by atoms with E-state index < -0.39 is 23.6 Å². The molecule has 0 fully saturated rings. The quantitative estimate of drug-likeness (QED) is 0.868. The first-order valence-electron chi connectivity index (χ1n) is 5.32. The van der Waals surface area contributed by atoms with Crippen LogP contribution in [0.25, 0.3) is 0 Å². The lowest BCUT2D eigenvalue weighted by Crippen LogP contribution is -2.37. The summed E-state index contributed by atoms with van der Waals surface area (Å²) in [5, 5.41) is 8.54. The summed E-state index contributed by atoms with van der Waals surface area (Å²) >= 11 is 0. The van der Waals surface area contributed by atoms with Crippen molar-refractivity contribution >= 4 is 5.97 Å². The molecule has 1 aliphatic rings. The van der Waals surface area contributed by atoms with Gasteiger partial charge in [0.1, 0.15) is 5.82 Å². The summed E-state index contributed by atoms with van der Waals surface area (Å²) in [6, 6.07) is 3.69. The number of aryl methyl sites for hydroxylation is 1. The van der Waals surface area contributed by atoms with Crippen LogP contribution in [0.15, 0.2) is 18.2 Å². The SMILES string of the molecule is O=C(O)C(F)(F)C1CCCc2ccc(F)cc21. The monoisotopic (exact) mass is 244 g/mol. The molecule has 0 heterocycles. The van der Waals surface area contributed by atoms with Gasteiger partial charge in [-0.1, -0.05) is 6.07 Å². The second-order valence-corrected chi connectivity index (χ2v) is 4.22. The zero-order valence-electron chi connectivity index (χ0n) is 8.92. The van der Waals surface area contributed by atoms with Gasteiger partial charge < -0.3 is 5.11 Å². The van der Waals surface area contributed by atoms with Crippen LogP contribution >= 0.6 is 0 Å². The van der Waals surface area contributed by atoms with E-state index in [4.69, 9.17) is 5.11 Å². The fourth-order valence-corrected chi connectivity index (χ4v) is 2.30. The molecule has 0 spiro atoms. The first kappa shape index (κ1) is 12.0. The highest BCUT2D eigenvalue weighted by molar-refractivity contribution is 5.77. The van der Waals surface area contributed by atoms with Crippen molar-refractivity contribution < 1.29 is 23.1 Å². The smallest absolute Gasteiger partial charge is 0.375 e. The van der Waals surface area contributed by atoms with Crippen molar-refractivity contribution in [1.82, 2.24) is 0 Å². The first-order chi connectivity index (χ1) is 7.93. The van der Waals surface area contributed by atoms with Gasteiger partial charge >= 0.3 is 11.9 Å². The Balaban J connectivity index is 2.47. The highest BCUT2D eigenvalue weighted by atomic mass is 19.3. The van der Waals surface area contributed by atoms with Gasteiger partial charge in [0.05, 0.1) is 5.92 Å². The van der Waals surface area contributed by atoms with E-state index in [1.165, 1.54) is 12.1 Å². The lowest BCUT2D eigenvalue weighted by molar-refractivity contribution is -0.169. The summed E-state index contributed by atoms with van der Waals surface area (Å²) in [7, 11) is 0. The first-order valence-corrected chi connectivity index (χ1v) is 5.32. The summed E-state index contributed by atoms with van der Waals surface area (Å²) in [5.41, 5.74) is 0.743. The van der Waals surface area contributed by atoms with Crippen molar-refractivity contribution in [1.29, 1.82) is 0 Å². The van der Waals surface area contributed by atoms with Gasteiger partial charge in [-0.3, -0.25) is 0 Å². The Kier molecular flexibility index (Phi) is 2.85. The van der Waals surface area contributed by atoms with Crippen molar-refractivity contribution in [3.05, 3.63) is 35.1 Å². The Morgan fingerprint density at radius 2 is 2.12 bits per heavy atom. The van der Waals surface area contributed by atoms with Crippen LogP contribution in [0.5, 0.6) is 0 Å². The largest absolute Gasteiger partial charge is 0.477 e. The molecule has 1 aromatic rings. The molecule has 17 heavy (non-hydrogen) atoms. The van der Waals surface area contributed by atoms with Gasteiger partial charge in [0.25, 0.3) is 0 Å². The molecule has 2 nitrogen and oxygen atoms in total. The molecule has 1 atom stereocenters. The number of fused-ring (bicyclic) bond motifs is 1. The van der Waals surface area contributed by atoms with Crippen LogP contribution in [0.4, 0.5) is 13.2 Å². The lowest BCUT2D eigenvalue weighted by atomic mass is 9.79. The Morgan fingerprint density at radius 1 is 1.41 bits per heavy atom. The molecule has 1 aliphatic carbocycles. The predicted molar refractivity (Wildman–Crippen MR) is 54.7 cm³/mol. The normalized spacial score (nSPS) is 19.8. The molecule has 0 saturated carbocycles. The average Bonchev–Trinajstić information content (AvgIpc) is 2.27. The second-order valence-electron chi connectivity index (χ2n) is 4.22. The zero-order valence-corrected chi connectivity index (χ0v) is 8.92. The molecule has 2 rings (SSSR count). The summed E-state index contributed by atoms with van der Waals surface area (Å²) in [6.45, 7) is 0. The third-order valence-corrected chi connectivity index (χ3v) is 3.15. The third-order valence-electron chi connectivity index (χ3n) is 3.15. The molecule has 5 heteroatoms. The predicted octanol–water partition coefficient (Wildman–Crippen LogP) is 2.97. The maximum absolute atomic E-state index is 13.5. The van der Waals surface area contributed by atoms with Crippen LogP contribution in [0, 0.1) is 5.82 Å². The topological polar surface area (TPSA) is 37.3 Å². The minimum Gasteiger partial charge on any atom is -0.477 e. The van der Waals surface area contributed by atoms with Gasteiger partial charge in [0.15, 0.2) is 0 Å². The van der Waals surface area contributed by atoms with Crippen molar-refractivity contribution in [2.75, 3.05) is 0 Å². The molecule has 0 amide bonds. The highest BCUT2D eigenvalue weighted by Gasteiger charge is 2.49. The van der Waals surface area contributed by atoms with E-state index in [1.807, 2.05) is 0 Å². The van der Waals surface area contributed by atoms with Crippen LogP contribution in [0.3, 0.4) is 0 Å². The number of hydrogen-bond acceptors (Lipinski definition) is 1. The van der Waals surface area contributed by atoms with Crippen LogP contribution in [0.2, 0.25) is 0 Å². The number of carbonyl (C=O) groups is 1. The molecule has 0 radical (unpaired) electrons. The molecule has 0 aromatic heterocycles. The molecular weight excluding hydrogens is 233 g/mol. The van der Waals surface area contributed by atoms with Gasteiger partial charge in [0, 0.05) is 0 Å². The summed E-state index contributed by atoms with van der Waals surface area (Å²) in [5.74, 6) is -8.04. The van der Waals surface area contributed by atoms with Gasteiger partial charge in [-0.2, -0.15) is 8.78 Å². The molecule has 1 unspecified atom stereocenters. The third kappa shape index (κ3) is 2.01. The maximum atomic E-state index is 13.5. The number of alkyl halides is 2. The minimum absolute atomic E-state index is 0.0652. The van der Waals surface area contributed by atoms with E-state index in [1.54, 1.807) is 0 Å². The average molecular weight is 244 g/mol. The number of carboxylic acids is 1. The molecular formula is C12H11F3O2. The van der Waals surface area contributed by atoms with E-state index in [0.29, 0.717) is 18.4 Å². The van der Waals surface area contributed by atoms with Crippen molar-refractivity contribution in [2.45, 2.75) is 31.1 Å². The van der Waals surface area contributed by atoms with Gasteiger partial charge in [-0.25, -0.2) is 9.18 Å². The van der Waals surface area contributed by atoms with E-state index in [9.17, 15) is 18.0 Å². The summed E-state index contributed by atoms with van der Waals surface area (Å²) in [6.07, 6.45) is 1.14. The van der Waals surface area contributed by atoms with Crippen molar-refractivity contribution in [3.63, 3.8) is 0 Å². The molecule has 92 valence electrons. The Morgan fingerprint density at radius 3 is 2.76 bits per heavy atom. The lowest BCUT2D eigenvalue weighted by Gasteiger charge is -2.29. The number of hydrogen-bond donors (Lipinski definition) is 1. The minimum atomic E-state index is -3.84.